The van der Waals surface area contributed by atoms with Crippen LogP contribution in [0.1, 0.15) is 27.7 Å². The van der Waals surface area contributed by atoms with Gasteiger partial charge in [-0.15, -0.1) is 0 Å². The number of nitro groups is 1. The Balaban J connectivity index is 3.03. The molecule has 0 saturated heterocycles. The Morgan fingerprint density at radius 1 is 1.50 bits per heavy atom. The fraction of sp³-hybridized carbons (Fsp3) is 0.636. The van der Waals surface area contributed by atoms with Gasteiger partial charge >= 0.3 is 5.69 Å². The minimum atomic E-state index is -0.544. The van der Waals surface area contributed by atoms with Gasteiger partial charge in [-0.05, 0) is 19.8 Å². The van der Waals surface area contributed by atoms with Crippen LogP contribution >= 0.6 is 0 Å². The average molecular weight is 254 g/mol. The van der Waals surface area contributed by atoms with E-state index in [0.717, 1.165) is 6.20 Å². The van der Waals surface area contributed by atoms with Crippen LogP contribution in [0.15, 0.2) is 6.20 Å². The summed E-state index contributed by atoms with van der Waals surface area (Å²) in [6, 6.07) is 0. The summed E-state index contributed by atoms with van der Waals surface area (Å²) in [4.78, 5) is 18.2. The molecular weight excluding hydrogens is 236 g/mol. The first-order chi connectivity index (χ1) is 8.45. The van der Waals surface area contributed by atoms with Gasteiger partial charge in [-0.3, -0.25) is 10.1 Å². The average Bonchev–Trinajstić information content (AvgIpc) is 2.29. The Kier molecular flexibility index (Phi) is 4.82. The van der Waals surface area contributed by atoms with Gasteiger partial charge in [0.05, 0.1) is 4.92 Å². The van der Waals surface area contributed by atoms with Crippen molar-refractivity contribution in [3.63, 3.8) is 0 Å². The zero-order chi connectivity index (χ0) is 13.7. The maximum atomic E-state index is 10.9. The molecule has 1 aromatic rings. The second kappa shape index (κ2) is 6.13. The lowest BCUT2D eigenvalue weighted by molar-refractivity contribution is -0.386. The van der Waals surface area contributed by atoms with Crippen molar-refractivity contribution in [2.24, 2.45) is 5.92 Å². The van der Waals surface area contributed by atoms with Crippen molar-refractivity contribution in [1.82, 2.24) is 9.97 Å². The normalized spacial score (nSPS) is 12.3. The third-order valence-corrected chi connectivity index (χ3v) is 2.50. The van der Waals surface area contributed by atoms with Crippen molar-refractivity contribution in [2.45, 2.75) is 33.8 Å². The van der Waals surface area contributed by atoms with Gasteiger partial charge in [-0.1, -0.05) is 13.8 Å². The molecule has 0 fully saturated rings. The van der Waals surface area contributed by atoms with Crippen LogP contribution in [0.2, 0.25) is 0 Å². The lowest BCUT2D eigenvalue weighted by Gasteiger charge is -2.17. The summed E-state index contributed by atoms with van der Waals surface area (Å²) in [6.07, 6.45) is 1.00. The number of rotatable bonds is 6. The minimum absolute atomic E-state index is 0.00662. The molecule has 0 aliphatic rings. The smallest absolute Gasteiger partial charge is 0.349 e. The molecule has 0 aliphatic heterocycles. The van der Waals surface area contributed by atoms with Crippen molar-refractivity contribution in [1.29, 1.82) is 0 Å². The molecule has 18 heavy (non-hydrogen) atoms. The summed E-state index contributed by atoms with van der Waals surface area (Å²) in [6.45, 7) is 8.33. The lowest BCUT2D eigenvalue weighted by atomic mass is 10.1. The van der Waals surface area contributed by atoms with Crippen LogP contribution in [0.5, 0.6) is 5.88 Å². The number of anilines is 1. The molecule has 0 aliphatic carbocycles. The second-order valence-corrected chi connectivity index (χ2v) is 4.24. The zero-order valence-corrected chi connectivity index (χ0v) is 11.0. The van der Waals surface area contributed by atoms with Crippen molar-refractivity contribution in [3.05, 3.63) is 16.3 Å². The number of nitrogens with zero attached hydrogens (tertiary/aromatic N) is 3. The van der Waals surface area contributed by atoms with Gasteiger partial charge in [0, 0.05) is 6.54 Å². The molecule has 100 valence electrons. The van der Waals surface area contributed by atoms with E-state index in [4.69, 9.17) is 4.74 Å². The van der Waals surface area contributed by atoms with Crippen LogP contribution in [0.4, 0.5) is 11.6 Å². The van der Waals surface area contributed by atoms with E-state index in [1.54, 1.807) is 0 Å². The predicted molar refractivity (Wildman–Crippen MR) is 67.8 cm³/mol. The van der Waals surface area contributed by atoms with Gasteiger partial charge < -0.3 is 10.1 Å². The van der Waals surface area contributed by atoms with Crippen LogP contribution < -0.4 is 10.1 Å². The van der Waals surface area contributed by atoms with E-state index < -0.39 is 4.92 Å². The quantitative estimate of drug-likeness (QED) is 0.618. The first-order valence-electron chi connectivity index (χ1n) is 5.87. The fourth-order valence-electron chi connectivity index (χ4n) is 1.13. The molecule has 7 heteroatoms. The Labute approximate surface area is 106 Å². The van der Waals surface area contributed by atoms with E-state index in [-0.39, 0.29) is 23.6 Å². The van der Waals surface area contributed by atoms with Crippen LogP contribution in [-0.2, 0) is 0 Å². The van der Waals surface area contributed by atoms with Crippen LogP contribution in [0.25, 0.3) is 0 Å². The van der Waals surface area contributed by atoms with E-state index in [1.165, 1.54) is 0 Å². The molecule has 7 nitrogen and oxygen atoms in total. The fourth-order valence-corrected chi connectivity index (χ4v) is 1.13. The molecular formula is C11H18N4O3. The van der Waals surface area contributed by atoms with Crippen molar-refractivity contribution < 1.29 is 9.66 Å². The molecule has 0 aromatic carbocycles. The van der Waals surface area contributed by atoms with Crippen molar-refractivity contribution in [2.75, 3.05) is 11.9 Å². The molecule has 0 amide bonds. The van der Waals surface area contributed by atoms with E-state index in [1.807, 2.05) is 27.7 Å². The van der Waals surface area contributed by atoms with Gasteiger partial charge in [0.15, 0.2) is 0 Å². The Morgan fingerprint density at radius 2 is 2.17 bits per heavy atom. The van der Waals surface area contributed by atoms with Crippen LogP contribution in [0.3, 0.4) is 0 Å². The van der Waals surface area contributed by atoms with Crippen LogP contribution in [-0.4, -0.2) is 27.5 Å². The van der Waals surface area contributed by atoms with Crippen molar-refractivity contribution in [3.8, 4) is 5.88 Å². The van der Waals surface area contributed by atoms with Gasteiger partial charge in [-0.2, -0.15) is 4.98 Å². The summed E-state index contributed by atoms with van der Waals surface area (Å²) in [5, 5.41) is 13.8. The maximum Gasteiger partial charge on any atom is 0.349 e. The highest BCUT2D eigenvalue weighted by Crippen LogP contribution is 2.26. The molecule has 1 unspecified atom stereocenters. The first kappa shape index (κ1) is 14.1. The summed E-state index contributed by atoms with van der Waals surface area (Å²) in [5.41, 5.74) is -0.218. The SMILES string of the molecule is CCNc1ncc([N+](=O)[O-])c(OC(C)C(C)C)n1. The first-order valence-corrected chi connectivity index (χ1v) is 5.87. The number of nitrogens with one attached hydrogen (secondary N) is 1. The van der Waals surface area contributed by atoms with E-state index in [0.29, 0.717) is 12.5 Å². The molecule has 1 atom stereocenters. The molecule has 0 bridgehead atoms. The highest BCUT2D eigenvalue weighted by atomic mass is 16.6. The summed E-state index contributed by atoms with van der Waals surface area (Å²) < 4.78 is 5.52. The minimum Gasteiger partial charge on any atom is -0.469 e. The van der Waals surface area contributed by atoms with E-state index in [9.17, 15) is 10.1 Å². The molecule has 1 rings (SSSR count). The van der Waals surface area contributed by atoms with Crippen molar-refractivity contribution >= 4 is 11.6 Å². The molecule has 1 N–H and O–H groups in total. The Hall–Kier alpha value is -1.92. The monoisotopic (exact) mass is 254 g/mol. The zero-order valence-electron chi connectivity index (χ0n) is 11.0. The lowest BCUT2D eigenvalue weighted by Crippen LogP contribution is -2.20. The Morgan fingerprint density at radius 3 is 2.67 bits per heavy atom. The number of aromatic nitrogens is 2. The molecule has 0 spiro atoms. The molecule has 1 aromatic heterocycles. The number of hydrogen-bond acceptors (Lipinski definition) is 6. The molecule has 0 radical (unpaired) electrons. The van der Waals surface area contributed by atoms with E-state index >= 15 is 0 Å². The topological polar surface area (TPSA) is 90.2 Å². The second-order valence-electron chi connectivity index (χ2n) is 4.24. The maximum absolute atomic E-state index is 10.9. The summed E-state index contributed by atoms with van der Waals surface area (Å²) in [5.74, 6) is 0.573. The summed E-state index contributed by atoms with van der Waals surface area (Å²) in [7, 11) is 0. The third kappa shape index (κ3) is 3.54. The van der Waals surface area contributed by atoms with Gasteiger partial charge in [-0.25, -0.2) is 4.98 Å². The van der Waals surface area contributed by atoms with Gasteiger partial charge in [0.1, 0.15) is 12.3 Å². The third-order valence-electron chi connectivity index (χ3n) is 2.50. The molecule has 0 saturated carbocycles. The summed E-state index contributed by atoms with van der Waals surface area (Å²) >= 11 is 0. The predicted octanol–water partition coefficient (Wildman–Crippen LogP) is 2.24. The number of ether oxygens (including phenoxy) is 1. The van der Waals surface area contributed by atoms with Gasteiger partial charge in [0.25, 0.3) is 5.88 Å². The highest BCUT2D eigenvalue weighted by Gasteiger charge is 2.21. The largest absolute Gasteiger partial charge is 0.469 e. The van der Waals surface area contributed by atoms with E-state index in [2.05, 4.69) is 15.3 Å². The Bertz CT molecular complexity index is 423. The number of hydrogen-bond donors (Lipinski definition) is 1. The highest BCUT2D eigenvalue weighted by molar-refractivity contribution is 5.43. The van der Waals surface area contributed by atoms with Crippen LogP contribution in [0, 0.1) is 16.0 Å². The molecule has 1 heterocycles. The van der Waals surface area contributed by atoms with Gasteiger partial charge in [0.2, 0.25) is 5.95 Å². The standard InChI is InChI=1S/C11H18N4O3/c1-5-12-11-13-6-9(15(16)17)10(14-11)18-8(4)7(2)3/h6-8H,5H2,1-4H3,(H,12,13,14).